The maximum absolute atomic E-state index is 9.90. The van der Waals surface area contributed by atoms with E-state index in [1.807, 2.05) is 18.3 Å². The second-order valence-corrected chi connectivity index (χ2v) is 3.83. The summed E-state index contributed by atoms with van der Waals surface area (Å²) in [6, 6.07) is 6.08. The molecule has 0 radical (unpaired) electrons. The van der Waals surface area contributed by atoms with Crippen molar-refractivity contribution in [1.29, 1.82) is 0 Å². The van der Waals surface area contributed by atoms with Crippen LogP contribution < -0.4 is 5.73 Å². The summed E-state index contributed by atoms with van der Waals surface area (Å²) in [6.07, 6.45) is 2.00. The molecule has 0 aliphatic rings. The second kappa shape index (κ2) is 4.04. The van der Waals surface area contributed by atoms with Gasteiger partial charge in [-0.1, -0.05) is 18.2 Å². The van der Waals surface area contributed by atoms with Gasteiger partial charge in [-0.15, -0.1) is 0 Å². The molecule has 1 heterocycles. The molecule has 0 fully saturated rings. The number of benzene rings is 1. The van der Waals surface area contributed by atoms with E-state index in [0.717, 1.165) is 16.5 Å². The second-order valence-electron chi connectivity index (χ2n) is 3.83. The van der Waals surface area contributed by atoms with E-state index in [1.54, 1.807) is 0 Å². The fourth-order valence-corrected chi connectivity index (χ4v) is 1.92. The summed E-state index contributed by atoms with van der Waals surface area (Å²) in [5.41, 5.74) is 8.68. The first-order valence-corrected chi connectivity index (χ1v) is 5.18. The van der Waals surface area contributed by atoms with Gasteiger partial charge in [-0.25, -0.2) is 0 Å². The molecule has 1 unspecified atom stereocenters. The molecule has 15 heavy (non-hydrogen) atoms. The van der Waals surface area contributed by atoms with Crippen molar-refractivity contribution in [3.63, 3.8) is 0 Å². The number of aromatic amines is 1. The third kappa shape index (κ3) is 1.76. The lowest BCUT2D eigenvalue weighted by molar-refractivity contribution is 0.172. The quantitative estimate of drug-likeness (QED) is 0.714. The van der Waals surface area contributed by atoms with Gasteiger partial charge in [-0.2, -0.15) is 0 Å². The number of hydrogen-bond donors (Lipinski definition) is 3. The first-order chi connectivity index (χ1) is 7.24. The number of nitrogens with two attached hydrogens (primary N) is 1. The highest BCUT2D eigenvalue weighted by Gasteiger charge is 2.12. The summed E-state index contributed by atoms with van der Waals surface area (Å²) in [4.78, 5) is 3.19. The van der Waals surface area contributed by atoms with Crippen LogP contribution in [0.2, 0.25) is 0 Å². The SMILES string of the molecule is Cc1cccc2c(C(O)CCN)c[nH]c12. The lowest BCUT2D eigenvalue weighted by atomic mass is 10.0. The Hall–Kier alpha value is -1.32. The number of nitrogens with one attached hydrogen (secondary N) is 1. The number of aliphatic hydroxyl groups excluding tert-OH is 1. The maximum Gasteiger partial charge on any atom is 0.0822 e. The first kappa shape index (κ1) is 10.2. The molecule has 0 saturated heterocycles. The largest absolute Gasteiger partial charge is 0.388 e. The highest BCUT2D eigenvalue weighted by Crippen LogP contribution is 2.27. The predicted octanol–water partition coefficient (Wildman–Crippen LogP) is 1.86. The van der Waals surface area contributed by atoms with E-state index < -0.39 is 6.10 Å². The lowest BCUT2D eigenvalue weighted by Gasteiger charge is -2.07. The molecule has 0 amide bonds. The van der Waals surface area contributed by atoms with E-state index in [1.165, 1.54) is 5.56 Å². The number of aliphatic hydroxyl groups is 1. The van der Waals surface area contributed by atoms with Crippen molar-refractivity contribution in [3.05, 3.63) is 35.5 Å². The number of para-hydroxylation sites is 1. The Kier molecular flexibility index (Phi) is 2.75. The van der Waals surface area contributed by atoms with Crippen LogP contribution in [-0.4, -0.2) is 16.6 Å². The van der Waals surface area contributed by atoms with Gasteiger partial charge in [0.05, 0.1) is 6.10 Å². The molecule has 1 atom stereocenters. The molecule has 2 aromatic rings. The average molecular weight is 204 g/mol. The Balaban J connectivity index is 2.49. The zero-order valence-electron chi connectivity index (χ0n) is 8.83. The molecule has 1 aromatic carbocycles. The molecule has 0 bridgehead atoms. The third-order valence-electron chi connectivity index (χ3n) is 2.75. The zero-order valence-corrected chi connectivity index (χ0v) is 8.83. The molecule has 1 aromatic heterocycles. The molecule has 80 valence electrons. The summed E-state index contributed by atoms with van der Waals surface area (Å²) in [5.74, 6) is 0. The van der Waals surface area contributed by atoms with E-state index in [4.69, 9.17) is 5.73 Å². The van der Waals surface area contributed by atoms with Gasteiger partial charge in [0.15, 0.2) is 0 Å². The Morgan fingerprint density at radius 1 is 1.47 bits per heavy atom. The standard InChI is InChI=1S/C12H16N2O/c1-8-3-2-4-9-10(7-14-12(8)9)11(15)5-6-13/h2-4,7,11,14-15H,5-6,13H2,1H3. The summed E-state index contributed by atoms with van der Waals surface area (Å²) < 4.78 is 0. The van der Waals surface area contributed by atoms with Gasteiger partial charge in [0.2, 0.25) is 0 Å². The van der Waals surface area contributed by atoms with Gasteiger partial charge in [0, 0.05) is 22.7 Å². The highest BCUT2D eigenvalue weighted by atomic mass is 16.3. The lowest BCUT2D eigenvalue weighted by Crippen LogP contribution is -2.06. The topological polar surface area (TPSA) is 62.0 Å². The molecule has 4 N–H and O–H groups in total. The van der Waals surface area contributed by atoms with E-state index in [-0.39, 0.29) is 0 Å². The van der Waals surface area contributed by atoms with E-state index in [2.05, 4.69) is 18.0 Å². The average Bonchev–Trinajstić information content (AvgIpc) is 2.63. The van der Waals surface area contributed by atoms with Crippen LogP contribution in [0.4, 0.5) is 0 Å². The van der Waals surface area contributed by atoms with Gasteiger partial charge in [0.25, 0.3) is 0 Å². The van der Waals surface area contributed by atoms with Crippen molar-refractivity contribution < 1.29 is 5.11 Å². The van der Waals surface area contributed by atoms with Crippen LogP contribution in [0.1, 0.15) is 23.7 Å². The fourth-order valence-electron chi connectivity index (χ4n) is 1.92. The van der Waals surface area contributed by atoms with Crippen LogP contribution in [0.25, 0.3) is 10.9 Å². The molecule has 3 heteroatoms. The number of fused-ring (bicyclic) bond motifs is 1. The summed E-state index contributed by atoms with van der Waals surface area (Å²) in [5, 5.41) is 11.0. The summed E-state index contributed by atoms with van der Waals surface area (Å²) in [6.45, 7) is 2.55. The van der Waals surface area contributed by atoms with E-state index in [9.17, 15) is 5.11 Å². The van der Waals surface area contributed by atoms with Crippen molar-refractivity contribution in [2.75, 3.05) is 6.54 Å². The van der Waals surface area contributed by atoms with Crippen molar-refractivity contribution >= 4 is 10.9 Å². The van der Waals surface area contributed by atoms with Crippen molar-refractivity contribution in [3.8, 4) is 0 Å². The first-order valence-electron chi connectivity index (χ1n) is 5.18. The van der Waals surface area contributed by atoms with Crippen LogP contribution in [0, 0.1) is 6.92 Å². The number of aryl methyl sites for hydroxylation is 1. The number of hydrogen-bond acceptors (Lipinski definition) is 2. The Bertz CT molecular complexity index is 462. The molecule has 0 aliphatic heterocycles. The number of aromatic nitrogens is 1. The molecule has 0 saturated carbocycles. The minimum atomic E-state index is -0.467. The van der Waals surface area contributed by atoms with Crippen LogP contribution in [0.3, 0.4) is 0 Å². The van der Waals surface area contributed by atoms with Crippen molar-refractivity contribution in [2.24, 2.45) is 5.73 Å². The number of rotatable bonds is 3. The predicted molar refractivity (Wildman–Crippen MR) is 61.7 cm³/mol. The van der Waals surface area contributed by atoms with E-state index >= 15 is 0 Å². The van der Waals surface area contributed by atoms with Gasteiger partial charge < -0.3 is 15.8 Å². The van der Waals surface area contributed by atoms with Crippen LogP contribution in [0.15, 0.2) is 24.4 Å². The molecule has 3 nitrogen and oxygen atoms in total. The maximum atomic E-state index is 9.90. The van der Waals surface area contributed by atoms with Crippen LogP contribution in [-0.2, 0) is 0 Å². The van der Waals surface area contributed by atoms with E-state index in [0.29, 0.717) is 13.0 Å². The third-order valence-corrected chi connectivity index (χ3v) is 2.75. The minimum absolute atomic E-state index is 0.467. The molecule has 0 aliphatic carbocycles. The monoisotopic (exact) mass is 204 g/mol. The molecule has 2 rings (SSSR count). The molecule has 0 spiro atoms. The zero-order chi connectivity index (χ0) is 10.8. The smallest absolute Gasteiger partial charge is 0.0822 e. The summed E-state index contributed by atoms with van der Waals surface area (Å²) >= 11 is 0. The molecular weight excluding hydrogens is 188 g/mol. The Labute approximate surface area is 88.9 Å². The van der Waals surface area contributed by atoms with Gasteiger partial charge in [0.1, 0.15) is 0 Å². The van der Waals surface area contributed by atoms with Gasteiger partial charge in [-0.05, 0) is 25.5 Å². The van der Waals surface area contributed by atoms with Crippen molar-refractivity contribution in [1.82, 2.24) is 4.98 Å². The normalized spacial score (nSPS) is 13.3. The van der Waals surface area contributed by atoms with Crippen molar-refractivity contribution in [2.45, 2.75) is 19.4 Å². The Morgan fingerprint density at radius 3 is 3.00 bits per heavy atom. The van der Waals surface area contributed by atoms with Gasteiger partial charge >= 0.3 is 0 Å². The fraction of sp³-hybridized carbons (Fsp3) is 0.333. The van der Waals surface area contributed by atoms with Crippen LogP contribution >= 0.6 is 0 Å². The highest BCUT2D eigenvalue weighted by molar-refractivity contribution is 5.86. The van der Waals surface area contributed by atoms with Gasteiger partial charge in [-0.3, -0.25) is 0 Å². The molecular formula is C12H16N2O. The Morgan fingerprint density at radius 2 is 2.27 bits per heavy atom. The minimum Gasteiger partial charge on any atom is -0.388 e. The summed E-state index contributed by atoms with van der Waals surface area (Å²) in [7, 11) is 0. The number of H-pyrrole nitrogens is 1. The van der Waals surface area contributed by atoms with Crippen LogP contribution in [0.5, 0.6) is 0 Å².